The van der Waals surface area contributed by atoms with Crippen molar-refractivity contribution in [2.24, 2.45) is 0 Å². The van der Waals surface area contributed by atoms with Crippen molar-refractivity contribution in [1.29, 1.82) is 0 Å². The Balaban J connectivity index is 1.30. The number of benzene rings is 2. The van der Waals surface area contributed by atoms with Gasteiger partial charge in [0.1, 0.15) is 5.82 Å². The van der Waals surface area contributed by atoms with Crippen molar-refractivity contribution in [3.8, 4) is 11.3 Å². The number of rotatable bonds is 6. The van der Waals surface area contributed by atoms with Crippen LogP contribution in [0, 0.1) is 12.7 Å². The van der Waals surface area contributed by atoms with Crippen molar-refractivity contribution in [2.75, 3.05) is 31.1 Å². The minimum absolute atomic E-state index is 0.0564. The molecule has 2 aromatic carbocycles. The van der Waals surface area contributed by atoms with Gasteiger partial charge in [0, 0.05) is 50.8 Å². The molecule has 0 atom stereocenters. The van der Waals surface area contributed by atoms with E-state index in [4.69, 9.17) is 0 Å². The summed E-state index contributed by atoms with van der Waals surface area (Å²) in [5.41, 5.74) is 3.26. The van der Waals surface area contributed by atoms with Gasteiger partial charge in [0.2, 0.25) is 5.91 Å². The molecule has 0 N–H and O–H groups in total. The van der Waals surface area contributed by atoms with Crippen LogP contribution in [0.1, 0.15) is 18.4 Å². The largest absolute Gasteiger partial charge is 0.366 e. The summed E-state index contributed by atoms with van der Waals surface area (Å²) in [4.78, 5) is 28.6. The maximum Gasteiger partial charge on any atom is 0.266 e. The van der Waals surface area contributed by atoms with E-state index in [1.54, 1.807) is 18.2 Å². The quantitative estimate of drug-likeness (QED) is 0.596. The fraction of sp³-hybridized carbons (Fsp3) is 0.320. The van der Waals surface area contributed by atoms with Crippen LogP contribution < -0.4 is 10.5 Å². The highest BCUT2D eigenvalue weighted by atomic mass is 19.1. The molecule has 3 aromatic rings. The third-order valence-electron chi connectivity index (χ3n) is 5.80. The maximum atomic E-state index is 14.0. The number of hydrogen-bond donors (Lipinski definition) is 0. The summed E-state index contributed by atoms with van der Waals surface area (Å²) in [6.45, 7) is 4.75. The molecule has 1 aromatic heterocycles. The second-order valence-electron chi connectivity index (χ2n) is 8.07. The van der Waals surface area contributed by atoms with Crippen LogP contribution in [0.25, 0.3) is 11.3 Å². The molecule has 1 aliphatic heterocycles. The van der Waals surface area contributed by atoms with Crippen LogP contribution >= 0.6 is 0 Å². The summed E-state index contributed by atoms with van der Waals surface area (Å²) < 4.78 is 15.4. The fourth-order valence-corrected chi connectivity index (χ4v) is 3.93. The Bertz CT molecular complexity index is 1140. The van der Waals surface area contributed by atoms with E-state index in [0.29, 0.717) is 51.3 Å². The molecule has 32 heavy (non-hydrogen) atoms. The third-order valence-corrected chi connectivity index (χ3v) is 5.80. The molecule has 0 aliphatic carbocycles. The van der Waals surface area contributed by atoms with Gasteiger partial charge >= 0.3 is 0 Å². The summed E-state index contributed by atoms with van der Waals surface area (Å²) in [6, 6.07) is 18.0. The van der Waals surface area contributed by atoms with Gasteiger partial charge < -0.3 is 9.80 Å². The molecule has 1 amide bonds. The highest BCUT2D eigenvalue weighted by molar-refractivity contribution is 5.76. The zero-order valence-electron chi connectivity index (χ0n) is 18.2. The van der Waals surface area contributed by atoms with E-state index in [1.807, 2.05) is 47.1 Å². The first-order valence-electron chi connectivity index (χ1n) is 10.9. The van der Waals surface area contributed by atoms with Crippen molar-refractivity contribution in [3.05, 3.63) is 82.4 Å². The molecule has 6 nitrogen and oxygen atoms in total. The molecule has 1 saturated heterocycles. The Morgan fingerprint density at radius 3 is 2.41 bits per heavy atom. The van der Waals surface area contributed by atoms with Crippen LogP contribution in [0.4, 0.5) is 10.1 Å². The molecule has 7 heteroatoms. The predicted octanol–water partition coefficient (Wildman–Crippen LogP) is 3.49. The lowest BCUT2D eigenvalue weighted by Crippen LogP contribution is -2.49. The number of carbonyl (C=O) groups is 1. The highest BCUT2D eigenvalue weighted by Crippen LogP contribution is 2.20. The van der Waals surface area contributed by atoms with E-state index in [0.717, 1.165) is 16.8 Å². The molecule has 1 aliphatic rings. The number of aromatic nitrogens is 2. The van der Waals surface area contributed by atoms with Crippen molar-refractivity contribution >= 4 is 11.6 Å². The topological polar surface area (TPSA) is 58.4 Å². The monoisotopic (exact) mass is 434 g/mol. The SMILES string of the molecule is Cc1ccc(-c2ccc(=O)n(CCCC(=O)N3CCN(c4ccccc4F)CC3)n2)cc1. The molecular weight excluding hydrogens is 407 g/mol. The van der Waals surface area contributed by atoms with Crippen molar-refractivity contribution in [2.45, 2.75) is 26.3 Å². The smallest absolute Gasteiger partial charge is 0.266 e. The Morgan fingerprint density at radius 2 is 1.69 bits per heavy atom. The van der Waals surface area contributed by atoms with E-state index in [2.05, 4.69) is 5.10 Å². The van der Waals surface area contributed by atoms with E-state index in [-0.39, 0.29) is 17.3 Å². The van der Waals surface area contributed by atoms with E-state index < -0.39 is 0 Å². The molecule has 0 radical (unpaired) electrons. The lowest BCUT2D eigenvalue weighted by molar-refractivity contribution is -0.131. The van der Waals surface area contributed by atoms with Gasteiger partial charge in [-0.1, -0.05) is 42.0 Å². The van der Waals surface area contributed by atoms with Gasteiger partial charge in [0.05, 0.1) is 11.4 Å². The summed E-state index contributed by atoms with van der Waals surface area (Å²) in [7, 11) is 0. The molecule has 166 valence electrons. The number of nitrogens with zero attached hydrogens (tertiary/aromatic N) is 4. The minimum Gasteiger partial charge on any atom is -0.366 e. The fourth-order valence-electron chi connectivity index (χ4n) is 3.93. The Hall–Kier alpha value is -3.48. The maximum absolute atomic E-state index is 14.0. The molecule has 1 fully saturated rings. The normalized spacial score (nSPS) is 13.9. The first-order chi connectivity index (χ1) is 15.5. The lowest BCUT2D eigenvalue weighted by atomic mass is 10.1. The van der Waals surface area contributed by atoms with E-state index >= 15 is 0 Å². The zero-order chi connectivity index (χ0) is 22.5. The number of aryl methyl sites for hydroxylation is 2. The Labute approximate surface area is 186 Å². The average Bonchev–Trinajstić information content (AvgIpc) is 2.81. The number of piperazine rings is 1. The highest BCUT2D eigenvalue weighted by Gasteiger charge is 2.22. The number of halogens is 1. The van der Waals surface area contributed by atoms with Crippen LogP contribution in [-0.2, 0) is 11.3 Å². The van der Waals surface area contributed by atoms with Crippen LogP contribution in [0.2, 0.25) is 0 Å². The molecule has 2 heterocycles. The molecule has 0 unspecified atom stereocenters. The van der Waals surface area contributed by atoms with Gasteiger partial charge in [-0.2, -0.15) is 5.10 Å². The predicted molar refractivity (Wildman–Crippen MR) is 123 cm³/mol. The summed E-state index contributed by atoms with van der Waals surface area (Å²) in [5.74, 6) is -0.181. The second-order valence-corrected chi connectivity index (χ2v) is 8.07. The van der Waals surface area contributed by atoms with Gasteiger partial charge in [-0.3, -0.25) is 9.59 Å². The molecule has 0 spiro atoms. The first kappa shape index (κ1) is 21.7. The minimum atomic E-state index is -0.238. The lowest BCUT2D eigenvalue weighted by Gasteiger charge is -2.36. The van der Waals surface area contributed by atoms with E-state index in [1.165, 1.54) is 16.8 Å². The van der Waals surface area contributed by atoms with Crippen LogP contribution in [0.5, 0.6) is 0 Å². The molecule has 0 bridgehead atoms. The van der Waals surface area contributed by atoms with Gasteiger partial charge in [0.25, 0.3) is 5.56 Å². The van der Waals surface area contributed by atoms with Crippen molar-refractivity contribution in [3.63, 3.8) is 0 Å². The standard InChI is InChI=1S/C25H27FN4O2/c1-19-8-10-20(11-9-19)22-12-13-25(32)30(27-22)14-4-7-24(31)29-17-15-28(16-18-29)23-6-3-2-5-21(23)26/h2-3,5-6,8-13H,4,7,14-18H2,1H3. The Kier molecular flexibility index (Phi) is 6.63. The third kappa shape index (κ3) is 5.04. The second kappa shape index (κ2) is 9.77. The Morgan fingerprint density at radius 1 is 0.969 bits per heavy atom. The number of para-hydroxylation sites is 1. The molecular formula is C25H27FN4O2. The summed E-state index contributed by atoms with van der Waals surface area (Å²) >= 11 is 0. The van der Waals surface area contributed by atoms with Gasteiger partial charge in [-0.05, 0) is 31.5 Å². The first-order valence-corrected chi connectivity index (χ1v) is 10.9. The van der Waals surface area contributed by atoms with Crippen molar-refractivity contribution < 1.29 is 9.18 Å². The molecule has 0 saturated carbocycles. The number of anilines is 1. The van der Waals surface area contributed by atoms with Crippen LogP contribution in [0.15, 0.2) is 65.5 Å². The van der Waals surface area contributed by atoms with Crippen LogP contribution in [0.3, 0.4) is 0 Å². The van der Waals surface area contributed by atoms with Gasteiger partial charge in [-0.15, -0.1) is 0 Å². The summed E-state index contributed by atoms with van der Waals surface area (Å²) in [6.07, 6.45) is 0.888. The number of amides is 1. The van der Waals surface area contributed by atoms with Crippen molar-refractivity contribution in [1.82, 2.24) is 14.7 Å². The zero-order valence-corrected chi connectivity index (χ0v) is 18.2. The molecule has 4 rings (SSSR count). The van der Waals surface area contributed by atoms with E-state index in [9.17, 15) is 14.0 Å². The number of hydrogen-bond acceptors (Lipinski definition) is 4. The van der Waals surface area contributed by atoms with Crippen LogP contribution in [-0.4, -0.2) is 46.8 Å². The van der Waals surface area contributed by atoms with Gasteiger partial charge in [0.15, 0.2) is 0 Å². The average molecular weight is 435 g/mol. The number of carbonyl (C=O) groups excluding carboxylic acids is 1. The summed E-state index contributed by atoms with van der Waals surface area (Å²) in [5, 5.41) is 4.47. The van der Waals surface area contributed by atoms with Gasteiger partial charge in [-0.25, -0.2) is 9.07 Å².